The molecule has 0 atom stereocenters. The zero-order chi connectivity index (χ0) is 11.9. The van der Waals surface area contributed by atoms with Gasteiger partial charge in [0.1, 0.15) is 23.9 Å². The minimum atomic E-state index is 0.658. The van der Waals surface area contributed by atoms with Gasteiger partial charge in [0.05, 0.1) is 5.52 Å². The van der Waals surface area contributed by atoms with Gasteiger partial charge in [0, 0.05) is 29.1 Å². The van der Waals surface area contributed by atoms with Crippen molar-refractivity contribution in [3.8, 4) is 0 Å². The van der Waals surface area contributed by atoms with Crippen molar-refractivity contribution in [1.82, 2.24) is 9.97 Å². The summed E-state index contributed by atoms with van der Waals surface area (Å²) in [6.07, 6.45) is 6.43. The molecule has 1 aliphatic heterocycles. The molecule has 84 valence electrons. The molecule has 0 aliphatic carbocycles. The summed E-state index contributed by atoms with van der Waals surface area (Å²) < 4.78 is 5.73. The lowest BCUT2D eigenvalue weighted by Crippen LogP contribution is -1.79. The lowest BCUT2D eigenvalue weighted by molar-refractivity contribution is 0.606. The zero-order valence-corrected chi connectivity index (χ0v) is 9.16. The molecular weight excluding hydrogens is 228 g/mol. The maximum atomic E-state index is 5.73. The molecule has 0 saturated heterocycles. The number of hydrogen-bond acceptors (Lipinski definition) is 5. The second-order valence-electron chi connectivity index (χ2n) is 3.89. The van der Waals surface area contributed by atoms with Gasteiger partial charge in [0.15, 0.2) is 5.76 Å². The van der Waals surface area contributed by atoms with Gasteiger partial charge in [0.2, 0.25) is 0 Å². The predicted molar refractivity (Wildman–Crippen MR) is 69.4 cm³/mol. The maximum absolute atomic E-state index is 5.73. The Labute approximate surface area is 101 Å². The Morgan fingerprint density at radius 3 is 3.22 bits per heavy atom. The highest BCUT2D eigenvalue weighted by molar-refractivity contribution is 6.04. The van der Waals surface area contributed by atoms with Gasteiger partial charge in [-0.3, -0.25) is 0 Å². The average molecular weight is 234 g/mol. The zero-order valence-electron chi connectivity index (χ0n) is 9.16. The minimum Gasteiger partial charge on any atom is -0.454 e. The van der Waals surface area contributed by atoms with Gasteiger partial charge < -0.3 is 4.42 Å². The molecule has 0 radical (unpaired) electrons. The number of aromatic nitrogens is 2. The summed E-state index contributed by atoms with van der Waals surface area (Å²) in [6, 6.07) is 3.87. The van der Waals surface area contributed by atoms with Crippen molar-refractivity contribution in [2.75, 3.05) is 0 Å². The Kier molecular flexibility index (Phi) is 1.73. The van der Waals surface area contributed by atoms with E-state index in [2.05, 4.69) is 25.8 Å². The summed E-state index contributed by atoms with van der Waals surface area (Å²) in [4.78, 5) is 16.3. The van der Waals surface area contributed by atoms with Crippen LogP contribution in [0.5, 0.6) is 0 Å². The van der Waals surface area contributed by atoms with Gasteiger partial charge in [-0.2, -0.15) is 4.99 Å². The predicted octanol–water partition coefficient (Wildman–Crippen LogP) is 2.73. The Hall–Kier alpha value is -2.78. The van der Waals surface area contributed by atoms with Crippen LogP contribution in [0.3, 0.4) is 0 Å². The first-order valence-corrected chi connectivity index (χ1v) is 5.39. The minimum absolute atomic E-state index is 0.658. The lowest BCUT2D eigenvalue weighted by atomic mass is 10.1. The highest BCUT2D eigenvalue weighted by Crippen LogP contribution is 2.36. The fourth-order valence-corrected chi connectivity index (χ4v) is 2.03. The molecule has 0 N–H and O–H groups in total. The number of benzene rings is 1. The van der Waals surface area contributed by atoms with Gasteiger partial charge in [0.25, 0.3) is 0 Å². The van der Waals surface area contributed by atoms with Crippen LogP contribution < -0.4 is 0 Å². The number of hydrogen-bond donors (Lipinski definition) is 0. The molecule has 18 heavy (non-hydrogen) atoms. The van der Waals surface area contributed by atoms with Crippen molar-refractivity contribution in [2.24, 2.45) is 9.98 Å². The Balaban J connectivity index is 2.17. The first-order valence-electron chi connectivity index (χ1n) is 5.39. The van der Waals surface area contributed by atoms with E-state index in [-0.39, 0.29) is 0 Å². The number of furan rings is 1. The van der Waals surface area contributed by atoms with E-state index < -0.39 is 0 Å². The average Bonchev–Trinajstić information content (AvgIpc) is 2.59. The van der Waals surface area contributed by atoms with Gasteiger partial charge in [-0.25, -0.2) is 15.0 Å². The molecule has 0 unspecified atom stereocenters. The van der Waals surface area contributed by atoms with Crippen LogP contribution in [0.25, 0.3) is 27.9 Å². The first kappa shape index (κ1) is 9.27. The van der Waals surface area contributed by atoms with Crippen LogP contribution >= 0.6 is 0 Å². The van der Waals surface area contributed by atoms with E-state index in [1.807, 2.05) is 12.1 Å². The smallest absolute Gasteiger partial charge is 0.163 e. The van der Waals surface area contributed by atoms with Crippen molar-refractivity contribution in [3.63, 3.8) is 0 Å². The third-order valence-corrected chi connectivity index (χ3v) is 2.83. The van der Waals surface area contributed by atoms with Crippen molar-refractivity contribution in [3.05, 3.63) is 30.4 Å². The van der Waals surface area contributed by atoms with Gasteiger partial charge in [-0.15, -0.1) is 0 Å². The Morgan fingerprint density at radius 1 is 1.22 bits per heavy atom. The third-order valence-electron chi connectivity index (χ3n) is 2.83. The van der Waals surface area contributed by atoms with E-state index in [0.29, 0.717) is 5.76 Å². The van der Waals surface area contributed by atoms with Crippen LogP contribution in [0.4, 0.5) is 5.69 Å². The van der Waals surface area contributed by atoms with E-state index in [4.69, 9.17) is 4.42 Å². The molecule has 5 heteroatoms. The SMILES string of the molecule is C1=Cc2oc3cc4ncncc4cc3c2N=CN=1. The van der Waals surface area contributed by atoms with Gasteiger partial charge in [-0.05, 0) is 11.9 Å². The van der Waals surface area contributed by atoms with E-state index in [1.165, 1.54) is 12.7 Å². The summed E-state index contributed by atoms with van der Waals surface area (Å²) in [7, 11) is 0. The molecule has 1 aliphatic rings. The molecule has 0 amide bonds. The van der Waals surface area contributed by atoms with E-state index in [9.17, 15) is 0 Å². The normalized spacial score (nSPS) is 13.1. The van der Waals surface area contributed by atoms with E-state index in [1.54, 1.807) is 12.3 Å². The van der Waals surface area contributed by atoms with Crippen LogP contribution in [-0.2, 0) is 0 Å². The summed E-state index contributed by atoms with van der Waals surface area (Å²) in [5.74, 6) is 3.39. The molecule has 0 spiro atoms. The molecule has 5 nitrogen and oxygen atoms in total. The van der Waals surface area contributed by atoms with Crippen molar-refractivity contribution >= 4 is 45.8 Å². The number of aliphatic imine (C=N–C) groups is 2. The topological polar surface area (TPSA) is 63.6 Å². The molecule has 0 fully saturated rings. The molecule has 4 rings (SSSR count). The van der Waals surface area contributed by atoms with Crippen molar-refractivity contribution in [2.45, 2.75) is 0 Å². The van der Waals surface area contributed by atoms with Crippen LogP contribution in [-0.4, -0.2) is 22.2 Å². The number of fused-ring (bicyclic) bond motifs is 4. The molecular formula is C13H6N4O. The maximum Gasteiger partial charge on any atom is 0.163 e. The summed E-state index contributed by atoms with van der Waals surface area (Å²) in [6.45, 7) is 0. The van der Waals surface area contributed by atoms with Crippen molar-refractivity contribution < 1.29 is 4.42 Å². The van der Waals surface area contributed by atoms with E-state index >= 15 is 0 Å². The van der Waals surface area contributed by atoms with Crippen LogP contribution in [0, 0.1) is 0 Å². The number of rotatable bonds is 0. The first-order chi connectivity index (χ1) is 8.92. The molecule has 2 aromatic heterocycles. The number of nitrogens with zero attached hydrogens (tertiary/aromatic N) is 4. The standard InChI is InChI=1S/C13H6N4O/c1-2-14-6-17-13-9-3-8-5-15-7-16-10(8)4-12(9)18-11(1)13/h1,3-7H. The second-order valence-corrected chi connectivity index (χ2v) is 3.89. The van der Waals surface area contributed by atoms with E-state index in [0.717, 1.165) is 27.6 Å². The monoisotopic (exact) mass is 234 g/mol. The Morgan fingerprint density at radius 2 is 2.22 bits per heavy atom. The second kappa shape index (κ2) is 3.35. The van der Waals surface area contributed by atoms with Gasteiger partial charge in [-0.1, -0.05) is 0 Å². The summed E-state index contributed by atoms with van der Waals surface area (Å²) >= 11 is 0. The van der Waals surface area contributed by atoms with Crippen LogP contribution in [0.1, 0.15) is 5.76 Å². The summed E-state index contributed by atoms with van der Waals surface area (Å²) in [5.41, 5.74) is 2.37. The highest BCUT2D eigenvalue weighted by Gasteiger charge is 2.13. The molecule has 3 aromatic rings. The third kappa shape index (κ3) is 1.22. The highest BCUT2D eigenvalue weighted by atomic mass is 16.3. The fourth-order valence-electron chi connectivity index (χ4n) is 2.03. The molecule has 0 bridgehead atoms. The fraction of sp³-hybridized carbons (Fsp3) is 0. The van der Waals surface area contributed by atoms with Gasteiger partial charge >= 0.3 is 0 Å². The quantitative estimate of drug-likeness (QED) is 0.600. The molecule has 1 aromatic carbocycles. The van der Waals surface area contributed by atoms with Crippen LogP contribution in [0.15, 0.2) is 39.1 Å². The summed E-state index contributed by atoms with van der Waals surface area (Å²) in [5, 5.41) is 1.89. The molecule has 3 heterocycles. The largest absolute Gasteiger partial charge is 0.454 e. The molecule has 0 saturated carbocycles. The lowest BCUT2D eigenvalue weighted by Gasteiger charge is -1.95. The van der Waals surface area contributed by atoms with Crippen LogP contribution in [0.2, 0.25) is 0 Å². The van der Waals surface area contributed by atoms with Crippen molar-refractivity contribution in [1.29, 1.82) is 0 Å². The Bertz CT molecular complexity index is 869.